The second kappa shape index (κ2) is 9.35. The number of amides is 1. The molecule has 0 heterocycles. The fourth-order valence-electron chi connectivity index (χ4n) is 0.948. The first kappa shape index (κ1) is 15.1. The minimum atomic E-state index is 0.0311. The first-order valence-electron chi connectivity index (χ1n) is 5.36. The Morgan fingerprint density at radius 3 is 2.69 bits per heavy atom. The molecule has 0 bridgehead atoms. The van der Waals surface area contributed by atoms with E-state index in [0.29, 0.717) is 18.3 Å². The maximum atomic E-state index is 11.4. The molecule has 0 saturated carbocycles. The number of likely N-dealkylation sites (N-methyl/N-ethyl adjacent to an activating group) is 1. The van der Waals surface area contributed by atoms with Crippen LogP contribution in [0.15, 0.2) is 0 Å². The average molecular weight is 247 g/mol. The minimum absolute atomic E-state index is 0.0311. The number of nitrogens with one attached hydrogen (secondary N) is 2. The van der Waals surface area contributed by atoms with Crippen LogP contribution in [0.2, 0.25) is 0 Å². The molecule has 5 nitrogen and oxygen atoms in total. The summed E-state index contributed by atoms with van der Waals surface area (Å²) >= 11 is 5.01. The van der Waals surface area contributed by atoms with Crippen molar-refractivity contribution >= 4 is 23.2 Å². The quantitative estimate of drug-likeness (QED) is 0.488. The Bertz CT molecular complexity index is 224. The van der Waals surface area contributed by atoms with Crippen molar-refractivity contribution in [1.29, 1.82) is 0 Å². The number of ether oxygens (including phenoxy) is 1. The third-order valence-electron chi connectivity index (χ3n) is 2.11. The van der Waals surface area contributed by atoms with Crippen molar-refractivity contribution in [2.45, 2.75) is 13.3 Å². The molecule has 0 aromatic heterocycles. The van der Waals surface area contributed by atoms with Crippen molar-refractivity contribution in [1.82, 2.24) is 15.5 Å². The van der Waals surface area contributed by atoms with E-state index < -0.39 is 0 Å². The van der Waals surface area contributed by atoms with Gasteiger partial charge in [0.2, 0.25) is 5.91 Å². The van der Waals surface area contributed by atoms with Crippen LogP contribution in [0.25, 0.3) is 0 Å². The smallest absolute Gasteiger partial charge is 0.241 e. The summed E-state index contributed by atoms with van der Waals surface area (Å²) in [4.78, 5) is 13.1. The van der Waals surface area contributed by atoms with Gasteiger partial charge >= 0.3 is 0 Å². The third kappa shape index (κ3) is 7.42. The fourth-order valence-corrected chi connectivity index (χ4v) is 1.12. The van der Waals surface area contributed by atoms with E-state index in [2.05, 4.69) is 10.6 Å². The van der Waals surface area contributed by atoms with Gasteiger partial charge in [-0.3, -0.25) is 4.79 Å². The van der Waals surface area contributed by atoms with Crippen LogP contribution in [0, 0.1) is 0 Å². The zero-order valence-corrected chi connectivity index (χ0v) is 11.0. The molecule has 0 aromatic carbocycles. The zero-order valence-electron chi connectivity index (χ0n) is 10.2. The maximum absolute atomic E-state index is 11.4. The molecule has 0 spiro atoms. The van der Waals surface area contributed by atoms with Crippen LogP contribution in [0.1, 0.15) is 13.3 Å². The highest BCUT2D eigenvalue weighted by atomic mass is 32.1. The second-order valence-electron chi connectivity index (χ2n) is 3.36. The lowest BCUT2D eigenvalue weighted by Gasteiger charge is -2.16. The normalized spacial score (nSPS) is 9.69. The van der Waals surface area contributed by atoms with Crippen LogP contribution >= 0.6 is 12.2 Å². The van der Waals surface area contributed by atoms with Crippen LogP contribution in [-0.4, -0.2) is 56.3 Å². The highest BCUT2D eigenvalue weighted by Crippen LogP contribution is 1.82. The topological polar surface area (TPSA) is 53.6 Å². The van der Waals surface area contributed by atoms with Crippen molar-refractivity contribution < 1.29 is 9.53 Å². The highest BCUT2D eigenvalue weighted by molar-refractivity contribution is 7.80. The van der Waals surface area contributed by atoms with Crippen LogP contribution in [0.4, 0.5) is 0 Å². The number of hydrogen-bond acceptors (Lipinski definition) is 3. The predicted octanol–water partition coefficient (Wildman–Crippen LogP) is -0.0347. The van der Waals surface area contributed by atoms with Gasteiger partial charge in [0.05, 0.1) is 6.54 Å². The number of methoxy groups -OCH3 is 1. The molecule has 0 aliphatic heterocycles. The Kier molecular flexibility index (Phi) is 8.84. The van der Waals surface area contributed by atoms with Crippen molar-refractivity contribution in [3.8, 4) is 0 Å². The number of carbonyl (C=O) groups is 1. The number of hydrogen-bond donors (Lipinski definition) is 2. The van der Waals surface area contributed by atoms with E-state index in [1.807, 2.05) is 6.92 Å². The van der Waals surface area contributed by atoms with Gasteiger partial charge in [-0.2, -0.15) is 0 Å². The van der Waals surface area contributed by atoms with Gasteiger partial charge in [0.25, 0.3) is 0 Å². The molecule has 2 N–H and O–H groups in total. The molecule has 0 fully saturated rings. The maximum Gasteiger partial charge on any atom is 0.241 e. The van der Waals surface area contributed by atoms with Crippen LogP contribution in [0.3, 0.4) is 0 Å². The van der Waals surface area contributed by atoms with Gasteiger partial charge in [0.1, 0.15) is 0 Å². The van der Waals surface area contributed by atoms with E-state index in [-0.39, 0.29) is 12.5 Å². The molecule has 0 aromatic rings. The molecule has 0 unspecified atom stereocenters. The molecule has 0 radical (unpaired) electrons. The standard InChI is InChI=1S/C10H21N3O2S/c1-4-13(2)9(14)8-12-10(16)11-6-5-7-15-3/h4-8H2,1-3H3,(H2,11,12,16). The lowest BCUT2D eigenvalue weighted by molar-refractivity contribution is -0.128. The Morgan fingerprint density at radius 2 is 2.12 bits per heavy atom. The molecule has 0 atom stereocenters. The Hall–Kier alpha value is -0.880. The Balaban J connectivity index is 3.53. The second-order valence-corrected chi connectivity index (χ2v) is 3.77. The lowest BCUT2D eigenvalue weighted by Crippen LogP contribution is -2.42. The highest BCUT2D eigenvalue weighted by Gasteiger charge is 2.06. The summed E-state index contributed by atoms with van der Waals surface area (Å²) in [5.74, 6) is 0.0311. The summed E-state index contributed by atoms with van der Waals surface area (Å²) < 4.78 is 4.90. The van der Waals surface area contributed by atoms with Gasteiger partial charge in [0.15, 0.2) is 5.11 Å². The van der Waals surface area contributed by atoms with Crippen molar-refractivity contribution in [2.75, 3.05) is 40.4 Å². The zero-order chi connectivity index (χ0) is 12.4. The summed E-state index contributed by atoms with van der Waals surface area (Å²) in [6.45, 7) is 4.32. The summed E-state index contributed by atoms with van der Waals surface area (Å²) in [5.41, 5.74) is 0. The third-order valence-corrected chi connectivity index (χ3v) is 2.40. The molecule has 0 saturated heterocycles. The first-order chi connectivity index (χ1) is 7.61. The number of nitrogens with zero attached hydrogens (tertiary/aromatic N) is 1. The van der Waals surface area contributed by atoms with E-state index in [0.717, 1.165) is 13.0 Å². The fraction of sp³-hybridized carbons (Fsp3) is 0.800. The van der Waals surface area contributed by atoms with E-state index in [1.165, 1.54) is 0 Å². The minimum Gasteiger partial charge on any atom is -0.385 e. The van der Waals surface area contributed by atoms with E-state index in [9.17, 15) is 4.79 Å². The van der Waals surface area contributed by atoms with E-state index >= 15 is 0 Å². The molecule has 0 aliphatic rings. The Labute approximate surface area is 103 Å². The van der Waals surface area contributed by atoms with Crippen LogP contribution < -0.4 is 10.6 Å². The number of rotatable bonds is 7. The number of carbonyl (C=O) groups excluding carboxylic acids is 1. The molecule has 1 amide bonds. The summed E-state index contributed by atoms with van der Waals surface area (Å²) in [5, 5.41) is 6.37. The summed E-state index contributed by atoms with van der Waals surface area (Å²) in [7, 11) is 3.43. The average Bonchev–Trinajstić information content (AvgIpc) is 2.30. The predicted molar refractivity (Wildman–Crippen MR) is 68.4 cm³/mol. The molecular weight excluding hydrogens is 226 g/mol. The molecule has 6 heteroatoms. The molecule has 0 aliphatic carbocycles. The van der Waals surface area contributed by atoms with Crippen molar-refractivity contribution in [3.63, 3.8) is 0 Å². The number of thiocarbonyl (C=S) groups is 1. The van der Waals surface area contributed by atoms with E-state index in [4.69, 9.17) is 17.0 Å². The van der Waals surface area contributed by atoms with Gasteiger partial charge in [-0.05, 0) is 25.6 Å². The first-order valence-corrected chi connectivity index (χ1v) is 5.77. The summed E-state index contributed by atoms with van der Waals surface area (Å²) in [6.07, 6.45) is 0.890. The molecule has 0 rings (SSSR count). The van der Waals surface area contributed by atoms with Gasteiger partial charge in [0, 0.05) is 33.9 Å². The van der Waals surface area contributed by atoms with Crippen LogP contribution in [0.5, 0.6) is 0 Å². The lowest BCUT2D eigenvalue weighted by atomic mass is 10.4. The monoisotopic (exact) mass is 247 g/mol. The Morgan fingerprint density at radius 1 is 1.44 bits per heavy atom. The van der Waals surface area contributed by atoms with Crippen molar-refractivity contribution in [2.24, 2.45) is 0 Å². The van der Waals surface area contributed by atoms with Gasteiger partial charge in [-0.25, -0.2) is 0 Å². The molecule has 16 heavy (non-hydrogen) atoms. The van der Waals surface area contributed by atoms with Gasteiger partial charge < -0.3 is 20.3 Å². The van der Waals surface area contributed by atoms with Crippen LogP contribution in [-0.2, 0) is 9.53 Å². The molecular formula is C10H21N3O2S. The van der Waals surface area contributed by atoms with Gasteiger partial charge in [-0.1, -0.05) is 0 Å². The SMILES string of the molecule is CCN(C)C(=O)CNC(=S)NCCCOC. The largest absolute Gasteiger partial charge is 0.385 e. The van der Waals surface area contributed by atoms with Gasteiger partial charge in [-0.15, -0.1) is 0 Å². The molecule has 94 valence electrons. The van der Waals surface area contributed by atoms with E-state index in [1.54, 1.807) is 19.1 Å². The summed E-state index contributed by atoms with van der Waals surface area (Å²) in [6, 6.07) is 0. The van der Waals surface area contributed by atoms with Crippen molar-refractivity contribution in [3.05, 3.63) is 0 Å².